The fourth-order valence-corrected chi connectivity index (χ4v) is 3.80. The second-order valence-electron chi connectivity index (χ2n) is 4.89. The summed E-state index contributed by atoms with van der Waals surface area (Å²) < 4.78 is 1.90. The molecule has 2 heterocycles. The number of nitrogens with zero attached hydrogens (tertiary/aromatic N) is 2. The molecule has 0 radical (unpaired) electrons. The van der Waals surface area contributed by atoms with Gasteiger partial charge in [-0.1, -0.05) is 6.92 Å². The Hall–Kier alpha value is -1.13. The summed E-state index contributed by atoms with van der Waals surface area (Å²) in [5, 5.41) is 14.7. The van der Waals surface area contributed by atoms with Crippen LogP contribution in [0.15, 0.2) is 18.5 Å². The molecule has 96 valence electrons. The summed E-state index contributed by atoms with van der Waals surface area (Å²) in [6.07, 6.45) is 7.92. The summed E-state index contributed by atoms with van der Waals surface area (Å²) >= 11 is 1.76. The van der Waals surface area contributed by atoms with E-state index in [0.29, 0.717) is 0 Å². The zero-order chi connectivity index (χ0) is 12.5. The standard InChI is InChI=1S/C14H18N2OS/c1-2-6-16-9-11(8-15-16)14(17)13-7-10-4-3-5-12(10)18-13/h7-9,14,17H,2-6H2,1H3. The van der Waals surface area contributed by atoms with Gasteiger partial charge in [0, 0.05) is 28.1 Å². The highest BCUT2D eigenvalue weighted by Crippen LogP contribution is 2.35. The summed E-state index contributed by atoms with van der Waals surface area (Å²) in [5.41, 5.74) is 2.35. The van der Waals surface area contributed by atoms with E-state index >= 15 is 0 Å². The third kappa shape index (κ3) is 2.10. The van der Waals surface area contributed by atoms with Gasteiger partial charge in [-0.05, 0) is 37.3 Å². The fourth-order valence-electron chi connectivity index (χ4n) is 2.52. The maximum Gasteiger partial charge on any atom is 0.116 e. The molecule has 1 atom stereocenters. The average Bonchev–Trinajstić information content (AvgIpc) is 3.02. The van der Waals surface area contributed by atoms with Gasteiger partial charge in [-0.3, -0.25) is 4.68 Å². The Morgan fingerprint density at radius 3 is 3.17 bits per heavy atom. The van der Waals surface area contributed by atoms with Crippen LogP contribution in [0.2, 0.25) is 0 Å². The van der Waals surface area contributed by atoms with Crippen molar-refractivity contribution in [1.82, 2.24) is 9.78 Å². The van der Waals surface area contributed by atoms with Crippen molar-refractivity contribution < 1.29 is 5.11 Å². The molecule has 0 aromatic carbocycles. The molecule has 18 heavy (non-hydrogen) atoms. The van der Waals surface area contributed by atoms with Crippen molar-refractivity contribution in [3.63, 3.8) is 0 Å². The molecule has 3 rings (SSSR count). The highest BCUT2D eigenvalue weighted by atomic mass is 32.1. The second-order valence-corrected chi connectivity index (χ2v) is 6.06. The van der Waals surface area contributed by atoms with Gasteiger partial charge in [0.2, 0.25) is 0 Å². The summed E-state index contributed by atoms with van der Waals surface area (Å²) in [6.45, 7) is 3.04. The molecule has 1 aliphatic rings. The van der Waals surface area contributed by atoms with Crippen LogP contribution in [-0.2, 0) is 19.4 Å². The van der Waals surface area contributed by atoms with Crippen molar-refractivity contribution in [3.8, 4) is 0 Å². The van der Waals surface area contributed by atoms with Crippen molar-refractivity contribution in [2.24, 2.45) is 0 Å². The molecule has 0 saturated heterocycles. The minimum Gasteiger partial charge on any atom is -0.383 e. The molecule has 3 nitrogen and oxygen atoms in total. The molecule has 0 fully saturated rings. The van der Waals surface area contributed by atoms with Crippen LogP contribution >= 0.6 is 11.3 Å². The van der Waals surface area contributed by atoms with Crippen molar-refractivity contribution in [3.05, 3.63) is 39.3 Å². The van der Waals surface area contributed by atoms with Gasteiger partial charge in [0.25, 0.3) is 0 Å². The smallest absolute Gasteiger partial charge is 0.116 e. The van der Waals surface area contributed by atoms with E-state index < -0.39 is 6.10 Å². The van der Waals surface area contributed by atoms with Gasteiger partial charge in [0.05, 0.1) is 6.20 Å². The zero-order valence-corrected chi connectivity index (χ0v) is 11.4. The third-order valence-corrected chi connectivity index (χ3v) is 4.75. The molecule has 2 aromatic heterocycles. The third-order valence-electron chi connectivity index (χ3n) is 3.46. The Kier molecular flexibility index (Phi) is 3.22. The first-order valence-electron chi connectivity index (χ1n) is 6.60. The van der Waals surface area contributed by atoms with Gasteiger partial charge < -0.3 is 5.11 Å². The van der Waals surface area contributed by atoms with Crippen LogP contribution in [0.3, 0.4) is 0 Å². The maximum atomic E-state index is 10.4. The topological polar surface area (TPSA) is 38.0 Å². The van der Waals surface area contributed by atoms with E-state index in [0.717, 1.165) is 23.4 Å². The lowest BCUT2D eigenvalue weighted by Gasteiger charge is -2.05. The quantitative estimate of drug-likeness (QED) is 0.920. The van der Waals surface area contributed by atoms with Crippen LogP contribution in [-0.4, -0.2) is 14.9 Å². The Morgan fingerprint density at radius 2 is 2.39 bits per heavy atom. The van der Waals surface area contributed by atoms with E-state index in [-0.39, 0.29) is 0 Å². The minimum absolute atomic E-state index is 0.508. The average molecular weight is 262 g/mol. The van der Waals surface area contributed by atoms with Crippen LogP contribution in [0.25, 0.3) is 0 Å². The van der Waals surface area contributed by atoms with Crippen LogP contribution in [0.1, 0.15) is 46.8 Å². The van der Waals surface area contributed by atoms with Gasteiger partial charge >= 0.3 is 0 Å². The lowest BCUT2D eigenvalue weighted by molar-refractivity contribution is 0.224. The number of aromatic nitrogens is 2. The maximum absolute atomic E-state index is 10.4. The number of aliphatic hydroxyl groups is 1. The predicted octanol–water partition coefficient (Wildman–Crippen LogP) is 2.93. The largest absolute Gasteiger partial charge is 0.383 e. The highest BCUT2D eigenvalue weighted by Gasteiger charge is 2.20. The number of aliphatic hydroxyl groups excluding tert-OH is 1. The zero-order valence-electron chi connectivity index (χ0n) is 10.6. The van der Waals surface area contributed by atoms with Crippen LogP contribution in [0.4, 0.5) is 0 Å². The van der Waals surface area contributed by atoms with Crippen molar-refractivity contribution in [2.45, 2.75) is 45.3 Å². The normalized spacial score (nSPS) is 15.9. The Labute approximate surface area is 111 Å². The first-order chi connectivity index (χ1) is 8.78. The van der Waals surface area contributed by atoms with Crippen LogP contribution in [0.5, 0.6) is 0 Å². The summed E-state index contributed by atoms with van der Waals surface area (Å²) in [5.74, 6) is 0. The van der Waals surface area contributed by atoms with Gasteiger partial charge in [0.1, 0.15) is 6.10 Å². The summed E-state index contributed by atoms with van der Waals surface area (Å²) in [7, 11) is 0. The van der Waals surface area contributed by atoms with Crippen molar-refractivity contribution >= 4 is 11.3 Å². The number of hydrogen-bond donors (Lipinski definition) is 1. The summed E-state index contributed by atoms with van der Waals surface area (Å²) in [4.78, 5) is 2.53. The molecule has 4 heteroatoms. The first-order valence-corrected chi connectivity index (χ1v) is 7.41. The molecule has 0 saturated carbocycles. The van der Waals surface area contributed by atoms with E-state index in [9.17, 15) is 5.11 Å². The molecule has 2 aromatic rings. The predicted molar refractivity (Wildman–Crippen MR) is 72.9 cm³/mol. The van der Waals surface area contributed by atoms with E-state index in [2.05, 4.69) is 18.1 Å². The number of aryl methyl sites for hydroxylation is 3. The fraction of sp³-hybridized carbons (Fsp3) is 0.500. The van der Waals surface area contributed by atoms with E-state index in [1.165, 1.54) is 29.7 Å². The minimum atomic E-state index is -0.508. The Bertz CT molecular complexity index is 522. The van der Waals surface area contributed by atoms with E-state index in [4.69, 9.17) is 0 Å². The number of hydrogen-bond acceptors (Lipinski definition) is 3. The lowest BCUT2D eigenvalue weighted by atomic mass is 10.1. The van der Waals surface area contributed by atoms with E-state index in [1.54, 1.807) is 17.5 Å². The number of rotatable bonds is 4. The van der Waals surface area contributed by atoms with Crippen molar-refractivity contribution in [2.75, 3.05) is 0 Å². The lowest BCUT2D eigenvalue weighted by Crippen LogP contribution is -1.98. The summed E-state index contributed by atoms with van der Waals surface area (Å²) in [6, 6.07) is 2.18. The first kappa shape index (κ1) is 11.9. The van der Waals surface area contributed by atoms with Crippen LogP contribution in [0, 0.1) is 0 Å². The molecule has 1 aliphatic carbocycles. The molecular weight excluding hydrogens is 244 g/mol. The molecule has 0 bridgehead atoms. The van der Waals surface area contributed by atoms with Gasteiger partial charge in [-0.2, -0.15) is 5.10 Å². The molecule has 0 aliphatic heterocycles. The molecule has 1 N–H and O–H groups in total. The highest BCUT2D eigenvalue weighted by molar-refractivity contribution is 7.12. The van der Waals surface area contributed by atoms with E-state index in [1.807, 2.05) is 10.9 Å². The number of fused-ring (bicyclic) bond motifs is 1. The molecule has 0 spiro atoms. The monoisotopic (exact) mass is 262 g/mol. The van der Waals surface area contributed by atoms with Gasteiger partial charge in [0.15, 0.2) is 0 Å². The van der Waals surface area contributed by atoms with Gasteiger partial charge in [-0.15, -0.1) is 11.3 Å². The van der Waals surface area contributed by atoms with Crippen molar-refractivity contribution in [1.29, 1.82) is 0 Å². The van der Waals surface area contributed by atoms with Gasteiger partial charge in [-0.25, -0.2) is 0 Å². The second kappa shape index (κ2) is 4.86. The molecule has 0 amide bonds. The molecule has 1 unspecified atom stereocenters. The Morgan fingerprint density at radius 1 is 1.50 bits per heavy atom. The van der Waals surface area contributed by atoms with Crippen LogP contribution < -0.4 is 0 Å². The Balaban J connectivity index is 1.81. The SMILES string of the molecule is CCCn1cc(C(O)c2cc3c(s2)CCC3)cn1. The number of thiophene rings is 1. The molecular formula is C14H18N2OS.